The molecule has 0 spiro atoms. The molecule has 12 heavy (non-hydrogen) atoms. The number of imidazole rings is 1. The summed E-state index contributed by atoms with van der Waals surface area (Å²) >= 11 is 0. The van der Waals surface area contributed by atoms with Gasteiger partial charge in [-0.3, -0.25) is 0 Å². The average molecular weight is 165 g/mol. The second kappa shape index (κ2) is 4.10. The van der Waals surface area contributed by atoms with E-state index in [1.807, 2.05) is 6.08 Å². The van der Waals surface area contributed by atoms with Gasteiger partial charge in [0.25, 0.3) is 5.82 Å². The molecule has 0 amide bonds. The summed E-state index contributed by atoms with van der Waals surface area (Å²) in [5.74, 6) is 1.37. The predicted octanol–water partition coefficient (Wildman–Crippen LogP) is 1.54. The van der Waals surface area contributed by atoms with Crippen molar-refractivity contribution in [3.63, 3.8) is 0 Å². The number of hydrogen-bond acceptors (Lipinski definition) is 0. The summed E-state index contributed by atoms with van der Waals surface area (Å²) in [6.07, 6.45) is 7.25. The SMILES string of the molecule is C=CC[n+]1ccn(CC)c1CC. The maximum absolute atomic E-state index is 3.74. The monoisotopic (exact) mass is 165 g/mol. The van der Waals surface area contributed by atoms with Crippen molar-refractivity contribution in [2.45, 2.75) is 33.4 Å². The van der Waals surface area contributed by atoms with Gasteiger partial charge >= 0.3 is 0 Å². The van der Waals surface area contributed by atoms with E-state index >= 15 is 0 Å². The highest BCUT2D eigenvalue weighted by Crippen LogP contribution is 1.96. The Hall–Kier alpha value is -1.05. The van der Waals surface area contributed by atoms with Gasteiger partial charge in [0.2, 0.25) is 0 Å². The second-order valence-electron chi connectivity index (χ2n) is 2.79. The summed E-state index contributed by atoms with van der Waals surface area (Å²) in [6.45, 7) is 10.0. The molecule has 0 unspecified atom stereocenters. The minimum atomic E-state index is 0.913. The van der Waals surface area contributed by atoms with Crippen LogP contribution in [0.3, 0.4) is 0 Å². The van der Waals surface area contributed by atoms with Crippen molar-refractivity contribution in [1.29, 1.82) is 0 Å². The van der Waals surface area contributed by atoms with Crippen LogP contribution in [0.15, 0.2) is 25.0 Å². The maximum Gasteiger partial charge on any atom is 0.256 e. The van der Waals surface area contributed by atoms with Crippen LogP contribution in [-0.2, 0) is 19.5 Å². The van der Waals surface area contributed by atoms with E-state index in [9.17, 15) is 0 Å². The molecule has 1 aromatic rings. The molecule has 2 nitrogen and oxygen atoms in total. The van der Waals surface area contributed by atoms with Crippen LogP contribution in [0.1, 0.15) is 19.7 Å². The number of allylic oxidation sites excluding steroid dienone is 1. The van der Waals surface area contributed by atoms with E-state index in [2.05, 4.69) is 42.0 Å². The lowest BCUT2D eigenvalue weighted by Gasteiger charge is -1.97. The minimum absolute atomic E-state index is 0.913. The molecule has 1 rings (SSSR count). The van der Waals surface area contributed by atoms with Crippen molar-refractivity contribution in [2.24, 2.45) is 0 Å². The van der Waals surface area contributed by atoms with E-state index in [1.165, 1.54) is 5.82 Å². The Bertz CT molecular complexity index is 261. The first-order valence-corrected chi connectivity index (χ1v) is 4.51. The van der Waals surface area contributed by atoms with Crippen LogP contribution in [0.25, 0.3) is 0 Å². The van der Waals surface area contributed by atoms with Crippen molar-refractivity contribution < 1.29 is 4.57 Å². The molecule has 66 valence electrons. The smallest absolute Gasteiger partial charge is 0.235 e. The topological polar surface area (TPSA) is 8.81 Å². The molecule has 2 heteroatoms. The van der Waals surface area contributed by atoms with Gasteiger partial charge in [0, 0.05) is 6.42 Å². The molecule has 0 aliphatic heterocycles. The summed E-state index contributed by atoms with van der Waals surface area (Å²) in [6, 6.07) is 0. The molecule has 0 aliphatic rings. The van der Waals surface area contributed by atoms with Crippen LogP contribution in [0.4, 0.5) is 0 Å². The summed E-state index contributed by atoms with van der Waals surface area (Å²) in [5.41, 5.74) is 0. The fourth-order valence-electron chi connectivity index (χ4n) is 1.50. The van der Waals surface area contributed by atoms with Gasteiger partial charge in [-0.1, -0.05) is 19.6 Å². The van der Waals surface area contributed by atoms with Crippen molar-refractivity contribution in [1.82, 2.24) is 4.57 Å². The van der Waals surface area contributed by atoms with Gasteiger partial charge in [0.05, 0.1) is 6.54 Å². The molecule has 0 N–H and O–H groups in total. The number of nitrogens with zero attached hydrogens (tertiary/aromatic N) is 2. The number of aryl methyl sites for hydroxylation is 1. The van der Waals surface area contributed by atoms with Gasteiger partial charge in [-0.05, 0) is 6.92 Å². The Morgan fingerprint density at radius 3 is 2.83 bits per heavy atom. The van der Waals surface area contributed by atoms with Crippen molar-refractivity contribution in [2.75, 3.05) is 0 Å². The zero-order valence-electron chi connectivity index (χ0n) is 7.95. The standard InChI is InChI=1S/C10H17N2/c1-4-7-12-9-8-11(6-3)10(12)5-2/h4,8-9H,1,5-7H2,2-3H3/q+1. The van der Waals surface area contributed by atoms with E-state index in [-0.39, 0.29) is 0 Å². The highest BCUT2D eigenvalue weighted by atomic mass is 15.1. The third-order valence-corrected chi connectivity index (χ3v) is 2.07. The van der Waals surface area contributed by atoms with Crippen LogP contribution >= 0.6 is 0 Å². The second-order valence-corrected chi connectivity index (χ2v) is 2.79. The zero-order valence-corrected chi connectivity index (χ0v) is 7.95. The Kier molecular flexibility index (Phi) is 3.09. The molecule has 0 atom stereocenters. The summed E-state index contributed by atoms with van der Waals surface area (Å²) in [5, 5.41) is 0. The third-order valence-electron chi connectivity index (χ3n) is 2.07. The average Bonchev–Trinajstić information content (AvgIpc) is 2.47. The molecule has 0 saturated heterocycles. The molecule has 1 aromatic heterocycles. The number of rotatable bonds is 4. The first-order chi connectivity index (χ1) is 5.83. The van der Waals surface area contributed by atoms with Crippen LogP contribution in [0.2, 0.25) is 0 Å². The van der Waals surface area contributed by atoms with E-state index in [0.717, 1.165) is 19.5 Å². The largest absolute Gasteiger partial charge is 0.256 e. The zero-order chi connectivity index (χ0) is 8.97. The lowest BCUT2D eigenvalue weighted by Crippen LogP contribution is -2.36. The van der Waals surface area contributed by atoms with Gasteiger partial charge < -0.3 is 0 Å². The summed E-state index contributed by atoms with van der Waals surface area (Å²) in [4.78, 5) is 0. The predicted molar refractivity (Wildman–Crippen MR) is 49.9 cm³/mol. The Morgan fingerprint density at radius 1 is 1.58 bits per heavy atom. The molecule has 0 aromatic carbocycles. The molecule has 1 heterocycles. The molecule has 0 bridgehead atoms. The van der Waals surface area contributed by atoms with E-state index in [4.69, 9.17) is 0 Å². The van der Waals surface area contributed by atoms with Gasteiger partial charge in [-0.25, -0.2) is 9.13 Å². The molecule has 0 radical (unpaired) electrons. The first-order valence-electron chi connectivity index (χ1n) is 4.51. The van der Waals surface area contributed by atoms with Gasteiger partial charge in [0.1, 0.15) is 18.9 Å². The first kappa shape index (κ1) is 9.04. The van der Waals surface area contributed by atoms with Crippen LogP contribution in [-0.4, -0.2) is 4.57 Å². The van der Waals surface area contributed by atoms with Gasteiger partial charge in [-0.15, -0.1) is 0 Å². The van der Waals surface area contributed by atoms with E-state index in [1.54, 1.807) is 0 Å². The number of hydrogen-bond donors (Lipinski definition) is 0. The Labute approximate surface area is 74.1 Å². The fourth-order valence-corrected chi connectivity index (χ4v) is 1.50. The third kappa shape index (κ3) is 1.58. The Morgan fingerprint density at radius 2 is 2.33 bits per heavy atom. The highest BCUT2D eigenvalue weighted by molar-refractivity contribution is 4.83. The molecule has 0 saturated carbocycles. The highest BCUT2D eigenvalue weighted by Gasteiger charge is 2.11. The minimum Gasteiger partial charge on any atom is -0.235 e. The summed E-state index contributed by atoms with van der Waals surface area (Å²) < 4.78 is 4.50. The fraction of sp³-hybridized carbons (Fsp3) is 0.500. The van der Waals surface area contributed by atoms with Crippen LogP contribution in [0.5, 0.6) is 0 Å². The van der Waals surface area contributed by atoms with Crippen LogP contribution < -0.4 is 4.57 Å². The van der Waals surface area contributed by atoms with Gasteiger partial charge in [-0.2, -0.15) is 0 Å². The number of aromatic nitrogens is 2. The molecular weight excluding hydrogens is 148 g/mol. The van der Waals surface area contributed by atoms with Crippen molar-refractivity contribution >= 4 is 0 Å². The van der Waals surface area contributed by atoms with E-state index in [0.29, 0.717) is 0 Å². The lowest BCUT2D eigenvalue weighted by atomic mass is 10.4. The van der Waals surface area contributed by atoms with Crippen LogP contribution in [0, 0.1) is 0 Å². The normalized spacial score (nSPS) is 10.2. The van der Waals surface area contributed by atoms with E-state index < -0.39 is 0 Å². The maximum atomic E-state index is 3.74. The molecule has 0 aliphatic carbocycles. The lowest BCUT2D eigenvalue weighted by molar-refractivity contribution is -0.693. The molecular formula is C10H17N2+. The molecule has 0 fully saturated rings. The Balaban J connectivity index is 2.95. The van der Waals surface area contributed by atoms with Crippen molar-refractivity contribution in [3.8, 4) is 0 Å². The quantitative estimate of drug-likeness (QED) is 0.473. The van der Waals surface area contributed by atoms with Gasteiger partial charge in [0.15, 0.2) is 0 Å². The van der Waals surface area contributed by atoms with Crippen molar-refractivity contribution in [3.05, 3.63) is 30.9 Å². The summed E-state index contributed by atoms with van der Waals surface area (Å²) in [7, 11) is 0.